The molecule has 1 amide bonds. The molecule has 9 heteroatoms. The maximum atomic E-state index is 12.4. The molecule has 7 nitrogen and oxygen atoms in total. The first-order chi connectivity index (χ1) is 15.3. The van der Waals surface area contributed by atoms with Gasteiger partial charge in [0.25, 0.3) is 0 Å². The number of halogens is 1. The van der Waals surface area contributed by atoms with Gasteiger partial charge in [0, 0.05) is 25.9 Å². The Morgan fingerprint density at radius 2 is 1.78 bits per heavy atom. The van der Waals surface area contributed by atoms with Gasteiger partial charge in [0.05, 0.1) is 22.0 Å². The molecule has 0 saturated heterocycles. The molecule has 2 aromatic heterocycles. The van der Waals surface area contributed by atoms with E-state index in [1.165, 1.54) is 17.3 Å². The Labute approximate surface area is 195 Å². The lowest BCUT2D eigenvalue weighted by Crippen LogP contribution is -2.14. The van der Waals surface area contributed by atoms with Crippen molar-refractivity contribution in [2.24, 2.45) is 14.1 Å². The lowest BCUT2D eigenvalue weighted by molar-refractivity contribution is -0.113. The number of aryl methyl sites for hydroxylation is 3. The summed E-state index contributed by atoms with van der Waals surface area (Å²) in [6.45, 7) is 4.00. The second-order valence-electron chi connectivity index (χ2n) is 7.62. The minimum absolute atomic E-state index is 0.160. The fourth-order valence-corrected chi connectivity index (χ4v) is 4.28. The molecule has 4 aromatic rings. The largest absolute Gasteiger partial charge is 0.324 e. The molecule has 1 N–H and O–H groups in total. The smallest absolute Gasteiger partial charge is 0.234 e. The number of aromatic nitrogens is 5. The first kappa shape index (κ1) is 22.1. The van der Waals surface area contributed by atoms with Gasteiger partial charge >= 0.3 is 0 Å². The zero-order valence-corrected chi connectivity index (χ0v) is 19.8. The van der Waals surface area contributed by atoms with Crippen LogP contribution in [0.3, 0.4) is 0 Å². The van der Waals surface area contributed by atoms with Crippen LogP contribution in [0.5, 0.6) is 0 Å². The first-order valence-corrected chi connectivity index (χ1v) is 11.4. The van der Waals surface area contributed by atoms with Crippen molar-refractivity contribution in [3.05, 3.63) is 64.8 Å². The molecule has 0 bridgehead atoms. The molecule has 164 valence electrons. The molecular formula is C23H23ClN6OS. The summed E-state index contributed by atoms with van der Waals surface area (Å²) >= 11 is 7.52. The lowest BCUT2D eigenvalue weighted by Gasteiger charge is -2.08. The molecule has 2 aromatic carbocycles. The molecule has 4 rings (SSSR count). The highest BCUT2D eigenvalue weighted by molar-refractivity contribution is 7.99. The third-order valence-electron chi connectivity index (χ3n) is 4.96. The van der Waals surface area contributed by atoms with Gasteiger partial charge in [-0.1, -0.05) is 59.3 Å². The third kappa shape index (κ3) is 4.71. The van der Waals surface area contributed by atoms with E-state index < -0.39 is 0 Å². The van der Waals surface area contributed by atoms with Gasteiger partial charge in [-0.3, -0.25) is 9.48 Å². The summed E-state index contributed by atoms with van der Waals surface area (Å²) in [4.78, 5) is 12.4. The van der Waals surface area contributed by atoms with E-state index in [2.05, 4.69) is 39.7 Å². The normalized spacial score (nSPS) is 11.0. The van der Waals surface area contributed by atoms with Crippen LogP contribution in [0.1, 0.15) is 11.1 Å². The van der Waals surface area contributed by atoms with E-state index in [4.69, 9.17) is 11.6 Å². The van der Waals surface area contributed by atoms with E-state index in [9.17, 15) is 4.79 Å². The number of hydrogen-bond donors (Lipinski definition) is 1. The molecule has 0 aliphatic carbocycles. The van der Waals surface area contributed by atoms with Gasteiger partial charge in [-0.25, -0.2) is 0 Å². The van der Waals surface area contributed by atoms with Crippen LogP contribution in [0.25, 0.3) is 22.6 Å². The van der Waals surface area contributed by atoms with Gasteiger partial charge in [-0.05, 0) is 31.5 Å². The quantitative estimate of drug-likeness (QED) is 0.409. The summed E-state index contributed by atoms with van der Waals surface area (Å²) in [5, 5.41) is 17.3. The average molecular weight is 467 g/mol. The molecule has 0 aliphatic heterocycles. The number of carbonyl (C=O) groups excluding carboxylic acids is 1. The Morgan fingerprint density at radius 1 is 1.06 bits per heavy atom. The maximum absolute atomic E-state index is 12.4. The zero-order valence-electron chi connectivity index (χ0n) is 18.3. The highest BCUT2D eigenvalue weighted by Gasteiger charge is 2.19. The highest BCUT2D eigenvalue weighted by atomic mass is 35.5. The number of nitrogens with one attached hydrogen (secondary N) is 1. The fourth-order valence-electron chi connectivity index (χ4n) is 3.29. The van der Waals surface area contributed by atoms with Crippen LogP contribution in [-0.2, 0) is 18.9 Å². The molecule has 0 atom stereocenters. The highest BCUT2D eigenvalue weighted by Crippen LogP contribution is 2.31. The van der Waals surface area contributed by atoms with Gasteiger partial charge in [-0.15, -0.1) is 10.2 Å². The van der Waals surface area contributed by atoms with Crippen molar-refractivity contribution in [1.82, 2.24) is 24.5 Å². The second-order valence-corrected chi connectivity index (χ2v) is 8.97. The van der Waals surface area contributed by atoms with Crippen molar-refractivity contribution in [3.63, 3.8) is 0 Å². The third-order valence-corrected chi connectivity index (χ3v) is 6.29. The Balaban J connectivity index is 1.51. The zero-order chi connectivity index (χ0) is 22.8. The van der Waals surface area contributed by atoms with E-state index in [1.54, 1.807) is 10.7 Å². The Morgan fingerprint density at radius 3 is 2.50 bits per heavy atom. The van der Waals surface area contributed by atoms with E-state index in [1.807, 2.05) is 56.0 Å². The number of anilines is 1. The average Bonchev–Trinajstić information content (AvgIpc) is 3.31. The van der Waals surface area contributed by atoms with Gasteiger partial charge in [0.15, 0.2) is 11.0 Å². The predicted octanol–water partition coefficient (Wildman–Crippen LogP) is 4.88. The van der Waals surface area contributed by atoms with Crippen LogP contribution < -0.4 is 5.32 Å². The summed E-state index contributed by atoms with van der Waals surface area (Å²) in [5.74, 6) is 0.721. The Hall–Kier alpha value is -3.10. The summed E-state index contributed by atoms with van der Waals surface area (Å²) in [6.07, 6.45) is 1.93. The van der Waals surface area contributed by atoms with Crippen molar-refractivity contribution in [2.45, 2.75) is 19.0 Å². The number of benzene rings is 2. The monoisotopic (exact) mass is 466 g/mol. The maximum Gasteiger partial charge on any atom is 0.234 e. The molecule has 0 radical (unpaired) electrons. The van der Waals surface area contributed by atoms with E-state index >= 15 is 0 Å². The summed E-state index contributed by atoms with van der Waals surface area (Å²) < 4.78 is 3.65. The van der Waals surface area contributed by atoms with Crippen LogP contribution in [0.2, 0.25) is 5.02 Å². The first-order valence-electron chi connectivity index (χ1n) is 10.0. The number of nitrogens with zero attached hydrogens (tertiary/aromatic N) is 5. The van der Waals surface area contributed by atoms with Crippen LogP contribution >= 0.6 is 23.4 Å². The van der Waals surface area contributed by atoms with Crippen molar-refractivity contribution in [3.8, 4) is 22.6 Å². The topological polar surface area (TPSA) is 77.6 Å². The van der Waals surface area contributed by atoms with Crippen LogP contribution in [0.15, 0.2) is 53.8 Å². The van der Waals surface area contributed by atoms with Crippen LogP contribution in [0, 0.1) is 13.8 Å². The number of thioether (sulfide) groups is 1. The van der Waals surface area contributed by atoms with Gasteiger partial charge in [0.2, 0.25) is 5.91 Å². The Kier molecular flexibility index (Phi) is 6.34. The lowest BCUT2D eigenvalue weighted by atomic mass is 10.1. The van der Waals surface area contributed by atoms with E-state index in [0.29, 0.717) is 21.7 Å². The second kappa shape index (κ2) is 9.18. The molecule has 0 unspecified atom stereocenters. The molecular weight excluding hydrogens is 444 g/mol. The SMILES string of the molecule is Cc1ccc(-c2nn(C)cc2-c2nnc(SCC(=O)Nc3ccc(C)cc3Cl)n2C)cc1. The van der Waals surface area contributed by atoms with Crippen molar-refractivity contribution < 1.29 is 4.79 Å². The minimum atomic E-state index is -0.160. The number of amides is 1. The van der Waals surface area contributed by atoms with Gasteiger partial charge < -0.3 is 9.88 Å². The van der Waals surface area contributed by atoms with Gasteiger partial charge in [0.1, 0.15) is 5.69 Å². The summed E-state index contributed by atoms with van der Waals surface area (Å²) in [5.41, 5.74) is 5.56. The molecule has 0 fully saturated rings. The number of hydrogen-bond acceptors (Lipinski definition) is 5. The van der Waals surface area contributed by atoms with Crippen molar-refractivity contribution >= 4 is 35.0 Å². The Bertz CT molecular complexity index is 1280. The minimum Gasteiger partial charge on any atom is -0.324 e. The molecule has 2 heterocycles. The fraction of sp³-hybridized carbons (Fsp3) is 0.217. The molecule has 0 aliphatic rings. The number of carbonyl (C=O) groups is 1. The standard InChI is InChI=1S/C23H23ClN6OS/c1-14-5-8-16(9-6-14)21-17(12-29(3)28-21)22-26-27-23(30(22)4)32-13-20(31)25-19-10-7-15(2)11-18(19)24/h5-12H,13H2,1-4H3,(H,25,31). The predicted molar refractivity (Wildman–Crippen MR) is 129 cm³/mol. The van der Waals surface area contributed by atoms with E-state index in [-0.39, 0.29) is 11.7 Å². The molecule has 0 spiro atoms. The van der Waals surface area contributed by atoms with Crippen LogP contribution in [0.4, 0.5) is 5.69 Å². The van der Waals surface area contributed by atoms with Gasteiger partial charge in [-0.2, -0.15) is 5.10 Å². The van der Waals surface area contributed by atoms with Crippen molar-refractivity contribution in [1.29, 1.82) is 0 Å². The van der Waals surface area contributed by atoms with Crippen LogP contribution in [-0.4, -0.2) is 36.2 Å². The number of rotatable bonds is 6. The molecule has 32 heavy (non-hydrogen) atoms. The summed E-state index contributed by atoms with van der Waals surface area (Å²) in [7, 11) is 3.77. The van der Waals surface area contributed by atoms with Crippen molar-refractivity contribution in [2.75, 3.05) is 11.1 Å². The molecule has 0 saturated carbocycles. The van der Waals surface area contributed by atoms with E-state index in [0.717, 1.165) is 22.4 Å². The summed E-state index contributed by atoms with van der Waals surface area (Å²) in [6, 6.07) is 13.7.